The summed E-state index contributed by atoms with van der Waals surface area (Å²) in [5, 5.41) is 0.561. The molecular weight excluding hydrogens is 222 g/mol. The van der Waals surface area contributed by atoms with Crippen LogP contribution in [0.2, 0.25) is 5.15 Å². The van der Waals surface area contributed by atoms with Gasteiger partial charge >= 0.3 is 0 Å². The van der Waals surface area contributed by atoms with Crippen molar-refractivity contribution in [2.24, 2.45) is 0 Å². The topological polar surface area (TPSA) is 30.7 Å². The maximum atomic E-state index is 6.02. The molecule has 0 aliphatic heterocycles. The van der Waals surface area contributed by atoms with Crippen molar-refractivity contribution in [1.82, 2.24) is 14.5 Å². The normalized spacial score (nSPS) is 16.7. The third-order valence-electron chi connectivity index (χ3n) is 3.42. The van der Waals surface area contributed by atoms with Gasteiger partial charge in [0.25, 0.3) is 0 Å². The van der Waals surface area contributed by atoms with E-state index < -0.39 is 0 Å². The van der Waals surface area contributed by atoms with Crippen LogP contribution in [-0.4, -0.2) is 14.5 Å². The molecule has 3 rings (SSSR count). The predicted octanol–water partition coefficient (Wildman–Crippen LogP) is 3.43. The number of nitrogens with zero attached hydrogens (tertiary/aromatic N) is 3. The lowest BCUT2D eigenvalue weighted by atomic mass is 9.93. The zero-order valence-electron chi connectivity index (χ0n) is 9.50. The van der Waals surface area contributed by atoms with Gasteiger partial charge in [-0.1, -0.05) is 11.6 Å². The summed E-state index contributed by atoms with van der Waals surface area (Å²) in [6.07, 6.45) is 3.78. The lowest BCUT2D eigenvalue weighted by molar-refractivity contribution is 0.314. The molecule has 1 aliphatic carbocycles. The van der Waals surface area contributed by atoms with Crippen molar-refractivity contribution in [3.63, 3.8) is 0 Å². The molecule has 0 saturated heterocycles. The van der Waals surface area contributed by atoms with Gasteiger partial charge < -0.3 is 4.57 Å². The van der Waals surface area contributed by atoms with Gasteiger partial charge in [-0.3, -0.25) is 0 Å². The van der Waals surface area contributed by atoms with Crippen molar-refractivity contribution in [1.29, 1.82) is 0 Å². The minimum atomic E-state index is 0.561. The molecule has 16 heavy (non-hydrogen) atoms. The van der Waals surface area contributed by atoms with Gasteiger partial charge in [-0.15, -0.1) is 0 Å². The van der Waals surface area contributed by atoms with Crippen LogP contribution in [0.5, 0.6) is 0 Å². The first-order valence-electron chi connectivity index (χ1n) is 5.68. The molecule has 84 valence electrons. The van der Waals surface area contributed by atoms with E-state index >= 15 is 0 Å². The van der Waals surface area contributed by atoms with Gasteiger partial charge in [0, 0.05) is 6.04 Å². The van der Waals surface area contributed by atoms with Crippen LogP contribution in [0.1, 0.15) is 36.7 Å². The molecule has 0 unspecified atom stereocenters. The molecule has 0 N–H and O–H groups in total. The Kier molecular flexibility index (Phi) is 2.18. The Bertz CT molecular complexity index is 555. The second kappa shape index (κ2) is 3.45. The summed E-state index contributed by atoms with van der Waals surface area (Å²) < 4.78 is 2.25. The number of rotatable bonds is 1. The Morgan fingerprint density at radius 3 is 2.69 bits per heavy atom. The molecule has 2 aromatic heterocycles. The average Bonchev–Trinajstić information content (AvgIpc) is 2.43. The van der Waals surface area contributed by atoms with Gasteiger partial charge in [0.15, 0.2) is 5.65 Å². The van der Waals surface area contributed by atoms with Crippen LogP contribution in [0.4, 0.5) is 0 Å². The van der Waals surface area contributed by atoms with Gasteiger partial charge in [0.1, 0.15) is 16.5 Å². The number of pyridine rings is 1. The van der Waals surface area contributed by atoms with Crippen molar-refractivity contribution in [3.05, 3.63) is 22.6 Å². The minimum absolute atomic E-state index is 0.561. The van der Waals surface area contributed by atoms with Crippen LogP contribution in [0.3, 0.4) is 0 Å². The second-order valence-electron chi connectivity index (χ2n) is 4.55. The Labute approximate surface area is 99.5 Å². The number of aryl methyl sites for hydroxylation is 2. The molecule has 1 fully saturated rings. The number of imidazole rings is 1. The number of hydrogen-bond donors (Lipinski definition) is 0. The van der Waals surface area contributed by atoms with E-state index in [4.69, 9.17) is 11.6 Å². The molecule has 2 heterocycles. The molecule has 0 aromatic carbocycles. The summed E-state index contributed by atoms with van der Waals surface area (Å²) in [5.41, 5.74) is 3.05. The molecule has 4 heteroatoms. The van der Waals surface area contributed by atoms with E-state index in [0.717, 1.165) is 22.6 Å². The first kappa shape index (κ1) is 10.1. The quantitative estimate of drug-likeness (QED) is 0.709. The zero-order chi connectivity index (χ0) is 11.3. The fourth-order valence-electron chi connectivity index (χ4n) is 2.37. The molecule has 0 amide bonds. The number of fused-ring (bicyclic) bond motifs is 1. The van der Waals surface area contributed by atoms with E-state index in [1.54, 1.807) is 0 Å². The third kappa shape index (κ3) is 1.34. The van der Waals surface area contributed by atoms with Crippen molar-refractivity contribution >= 4 is 22.8 Å². The molecule has 1 saturated carbocycles. The molecule has 2 aromatic rings. The summed E-state index contributed by atoms with van der Waals surface area (Å²) in [4.78, 5) is 9.02. The maximum absolute atomic E-state index is 6.02. The van der Waals surface area contributed by atoms with Crippen LogP contribution in [0, 0.1) is 13.8 Å². The first-order chi connectivity index (χ1) is 7.66. The summed E-state index contributed by atoms with van der Waals surface area (Å²) in [7, 11) is 0. The first-order valence-corrected chi connectivity index (χ1v) is 6.06. The maximum Gasteiger partial charge on any atom is 0.162 e. The molecular formula is C12H14ClN3. The van der Waals surface area contributed by atoms with E-state index in [0.29, 0.717) is 11.2 Å². The van der Waals surface area contributed by atoms with Crippen LogP contribution in [-0.2, 0) is 0 Å². The van der Waals surface area contributed by atoms with Crippen LogP contribution < -0.4 is 0 Å². The Morgan fingerprint density at radius 2 is 2.06 bits per heavy atom. The van der Waals surface area contributed by atoms with E-state index in [9.17, 15) is 0 Å². The lowest BCUT2D eigenvalue weighted by Gasteiger charge is -2.28. The smallest absolute Gasteiger partial charge is 0.162 e. The molecule has 1 aliphatic rings. The highest BCUT2D eigenvalue weighted by Crippen LogP contribution is 2.35. The fraction of sp³-hybridized carbons (Fsp3) is 0.500. The van der Waals surface area contributed by atoms with Gasteiger partial charge in [-0.2, -0.15) is 0 Å². The number of halogens is 1. The molecule has 0 spiro atoms. The zero-order valence-corrected chi connectivity index (χ0v) is 10.3. The summed E-state index contributed by atoms with van der Waals surface area (Å²) in [6, 6.07) is 2.46. The highest BCUT2D eigenvalue weighted by atomic mass is 35.5. The largest absolute Gasteiger partial charge is 0.310 e. The number of hydrogen-bond acceptors (Lipinski definition) is 2. The summed E-state index contributed by atoms with van der Waals surface area (Å²) in [5.74, 6) is 1.05. The fourth-order valence-corrected chi connectivity index (χ4v) is 2.61. The number of aromatic nitrogens is 3. The van der Waals surface area contributed by atoms with E-state index in [1.165, 1.54) is 19.3 Å². The van der Waals surface area contributed by atoms with Crippen molar-refractivity contribution < 1.29 is 0 Å². The van der Waals surface area contributed by atoms with Crippen molar-refractivity contribution in [2.45, 2.75) is 39.2 Å². The molecule has 0 bridgehead atoms. The highest BCUT2D eigenvalue weighted by molar-refractivity contribution is 6.29. The van der Waals surface area contributed by atoms with Crippen molar-refractivity contribution in [2.75, 3.05) is 0 Å². The minimum Gasteiger partial charge on any atom is -0.310 e. The van der Waals surface area contributed by atoms with Crippen molar-refractivity contribution in [3.8, 4) is 0 Å². The standard InChI is InChI=1S/C12H14ClN3/c1-7-6-10(13)15-12-11(7)14-8(2)16(12)9-4-3-5-9/h6,9H,3-5H2,1-2H3. The molecule has 0 radical (unpaired) electrons. The van der Waals surface area contributed by atoms with E-state index in [2.05, 4.69) is 14.5 Å². The van der Waals surface area contributed by atoms with Gasteiger partial charge in [-0.05, 0) is 44.7 Å². The van der Waals surface area contributed by atoms with Gasteiger partial charge in [-0.25, -0.2) is 9.97 Å². The van der Waals surface area contributed by atoms with Crippen LogP contribution in [0.25, 0.3) is 11.2 Å². The highest BCUT2D eigenvalue weighted by Gasteiger charge is 2.24. The third-order valence-corrected chi connectivity index (χ3v) is 3.62. The second-order valence-corrected chi connectivity index (χ2v) is 4.94. The SMILES string of the molecule is Cc1cc(Cl)nc2c1nc(C)n2C1CCC1. The van der Waals surface area contributed by atoms with Crippen LogP contribution >= 0.6 is 11.6 Å². The monoisotopic (exact) mass is 235 g/mol. The summed E-state index contributed by atoms with van der Waals surface area (Å²) in [6.45, 7) is 4.08. The molecule has 0 atom stereocenters. The van der Waals surface area contributed by atoms with Crippen LogP contribution in [0.15, 0.2) is 6.07 Å². The van der Waals surface area contributed by atoms with Gasteiger partial charge in [0.2, 0.25) is 0 Å². The van der Waals surface area contributed by atoms with E-state index in [1.807, 2.05) is 19.9 Å². The summed E-state index contributed by atoms with van der Waals surface area (Å²) >= 11 is 6.02. The molecule has 3 nitrogen and oxygen atoms in total. The van der Waals surface area contributed by atoms with Gasteiger partial charge in [0.05, 0.1) is 0 Å². The van der Waals surface area contributed by atoms with E-state index in [-0.39, 0.29) is 0 Å². The average molecular weight is 236 g/mol. The Balaban J connectivity index is 2.29. The predicted molar refractivity (Wildman–Crippen MR) is 64.9 cm³/mol. The Hall–Kier alpha value is -1.09. The Morgan fingerprint density at radius 1 is 1.31 bits per heavy atom. The lowest BCUT2D eigenvalue weighted by Crippen LogP contribution is -2.18.